The number of hydrogen-bond acceptors (Lipinski definition) is 2. The van der Waals surface area contributed by atoms with E-state index in [2.05, 4.69) is 30.3 Å². The Morgan fingerprint density at radius 1 is 1.37 bits per heavy atom. The lowest BCUT2D eigenvalue weighted by atomic mass is 9.80. The Morgan fingerprint density at radius 2 is 2.11 bits per heavy atom. The molecule has 19 heavy (non-hydrogen) atoms. The van der Waals surface area contributed by atoms with Gasteiger partial charge in [-0.1, -0.05) is 40.0 Å². The molecule has 1 aromatic heterocycles. The zero-order valence-corrected chi connectivity index (χ0v) is 12.7. The molecular formula is C16H29N3. The second kappa shape index (κ2) is 6.56. The van der Waals surface area contributed by atoms with Crippen molar-refractivity contribution in [2.75, 3.05) is 6.54 Å². The number of nitrogens with zero attached hydrogens (tertiary/aromatic N) is 2. The van der Waals surface area contributed by atoms with Crippen LogP contribution in [0.25, 0.3) is 0 Å². The second-order valence-corrected chi connectivity index (χ2v) is 6.58. The van der Waals surface area contributed by atoms with Crippen LogP contribution in [0.15, 0.2) is 12.5 Å². The topological polar surface area (TPSA) is 43.8 Å². The Kier molecular flexibility index (Phi) is 5.03. The van der Waals surface area contributed by atoms with Gasteiger partial charge in [-0.05, 0) is 24.2 Å². The second-order valence-electron chi connectivity index (χ2n) is 6.58. The van der Waals surface area contributed by atoms with Gasteiger partial charge in [-0.2, -0.15) is 0 Å². The van der Waals surface area contributed by atoms with E-state index in [1.54, 1.807) is 0 Å². The maximum absolute atomic E-state index is 5.95. The van der Waals surface area contributed by atoms with Crippen LogP contribution in [0.5, 0.6) is 0 Å². The Morgan fingerprint density at radius 3 is 2.74 bits per heavy atom. The lowest BCUT2D eigenvalue weighted by Gasteiger charge is -2.30. The number of nitrogens with two attached hydrogens (primary N) is 1. The summed E-state index contributed by atoms with van der Waals surface area (Å²) in [7, 11) is 0. The molecule has 1 saturated carbocycles. The molecule has 1 heterocycles. The van der Waals surface area contributed by atoms with Gasteiger partial charge in [-0.15, -0.1) is 0 Å². The van der Waals surface area contributed by atoms with E-state index in [0.29, 0.717) is 18.4 Å². The monoisotopic (exact) mass is 263 g/mol. The summed E-state index contributed by atoms with van der Waals surface area (Å²) in [6.07, 6.45) is 9.58. The smallest absolute Gasteiger partial charge is 0.0948 e. The summed E-state index contributed by atoms with van der Waals surface area (Å²) >= 11 is 0. The van der Waals surface area contributed by atoms with E-state index in [0.717, 1.165) is 18.4 Å². The van der Waals surface area contributed by atoms with Gasteiger partial charge in [0.25, 0.3) is 0 Å². The number of imidazole rings is 1. The zero-order chi connectivity index (χ0) is 13.8. The number of rotatable bonds is 5. The van der Waals surface area contributed by atoms with Gasteiger partial charge in [-0.25, -0.2) is 4.98 Å². The van der Waals surface area contributed by atoms with E-state index in [1.165, 1.54) is 31.4 Å². The summed E-state index contributed by atoms with van der Waals surface area (Å²) in [5.41, 5.74) is 7.28. The van der Waals surface area contributed by atoms with Crippen molar-refractivity contribution in [3.8, 4) is 0 Å². The highest BCUT2D eigenvalue weighted by molar-refractivity contribution is 5.08. The van der Waals surface area contributed by atoms with Gasteiger partial charge in [0.1, 0.15) is 0 Å². The van der Waals surface area contributed by atoms with Crippen molar-refractivity contribution >= 4 is 0 Å². The molecule has 3 nitrogen and oxygen atoms in total. The average Bonchev–Trinajstić information content (AvgIpc) is 2.81. The van der Waals surface area contributed by atoms with Gasteiger partial charge in [0, 0.05) is 30.9 Å². The Bertz CT molecular complexity index is 383. The van der Waals surface area contributed by atoms with Crippen molar-refractivity contribution in [3.05, 3.63) is 18.2 Å². The first-order valence-corrected chi connectivity index (χ1v) is 7.83. The molecule has 1 aliphatic carbocycles. The van der Waals surface area contributed by atoms with E-state index in [-0.39, 0.29) is 0 Å². The van der Waals surface area contributed by atoms with Crippen LogP contribution in [0.1, 0.15) is 58.1 Å². The van der Waals surface area contributed by atoms with Gasteiger partial charge in [-0.3, -0.25) is 0 Å². The molecule has 2 N–H and O–H groups in total. The Labute approximate surface area is 117 Å². The Balaban J connectivity index is 2.10. The molecule has 1 aromatic rings. The molecule has 3 heteroatoms. The van der Waals surface area contributed by atoms with Crippen molar-refractivity contribution in [1.29, 1.82) is 0 Å². The highest BCUT2D eigenvalue weighted by Gasteiger charge is 2.24. The molecule has 0 aromatic carbocycles. The van der Waals surface area contributed by atoms with E-state index in [4.69, 9.17) is 5.73 Å². The Hall–Kier alpha value is -0.830. The van der Waals surface area contributed by atoms with Crippen LogP contribution in [-0.2, 0) is 6.54 Å². The summed E-state index contributed by atoms with van der Waals surface area (Å²) in [5.74, 6) is 2.66. The summed E-state index contributed by atoms with van der Waals surface area (Å²) in [6.45, 7) is 8.74. The third kappa shape index (κ3) is 3.38. The fourth-order valence-corrected chi connectivity index (χ4v) is 3.44. The molecule has 0 spiro atoms. The molecule has 0 aliphatic heterocycles. The first kappa shape index (κ1) is 14.6. The third-order valence-electron chi connectivity index (χ3n) is 4.90. The molecule has 108 valence electrons. The highest BCUT2D eigenvalue weighted by Crippen LogP contribution is 2.32. The van der Waals surface area contributed by atoms with Crippen LogP contribution < -0.4 is 5.73 Å². The fraction of sp³-hybridized carbons (Fsp3) is 0.812. The molecule has 0 radical (unpaired) electrons. The number of aromatic nitrogens is 2. The van der Waals surface area contributed by atoms with Gasteiger partial charge in [0.05, 0.1) is 6.33 Å². The van der Waals surface area contributed by atoms with Crippen LogP contribution in [-0.4, -0.2) is 16.1 Å². The minimum absolute atomic E-state index is 0.432. The number of hydrogen-bond donors (Lipinski definition) is 1. The predicted molar refractivity (Wildman–Crippen MR) is 80.0 cm³/mol. The maximum Gasteiger partial charge on any atom is 0.0948 e. The first-order chi connectivity index (χ1) is 9.13. The fourth-order valence-electron chi connectivity index (χ4n) is 3.44. The summed E-state index contributed by atoms with van der Waals surface area (Å²) in [4.78, 5) is 4.37. The van der Waals surface area contributed by atoms with Crippen molar-refractivity contribution in [1.82, 2.24) is 9.55 Å². The quantitative estimate of drug-likeness (QED) is 0.884. The van der Waals surface area contributed by atoms with Crippen LogP contribution in [0, 0.1) is 17.8 Å². The minimum Gasteiger partial charge on any atom is -0.334 e. The van der Waals surface area contributed by atoms with Gasteiger partial charge < -0.3 is 10.3 Å². The molecule has 0 amide bonds. The molecule has 1 aliphatic rings. The molecule has 2 rings (SSSR count). The van der Waals surface area contributed by atoms with Crippen molar-refractivity contribution < 1.29 is 0 Å². The van der Waals surface area contributed by atoms with Crippen LogP contribution >= 0.6 is 0 Å². The molecule has 0 bridgehead atoms. The maximum atomic E-state index is 5.95. The van der Waals surface area contributed by atoms with Crippen molar-refractivity contribution in [2.24, 2.45) is 23.5 Å². The molecule has 1 fully saturated rings. The lowest BCUT2D eigenvalue weighted by molar-refractivity contribution is 0.225. The minimum atomic E-state index is 0.432. The SMILES string of the molecule is CC(C)C(CN)c1cncn1CC1CCCCC1C. The normalized spacial score (nSPS) is 25.7. The molecule has 0 saturated heterocycles. The van der Waals surface area contributed by atoms with Crippen LogP contribution in [0.4, 0.5) is 0 Å². The van der Waals surface area contributed by atoms with Crippen LogP contribution in [0.3, 0.4) is 0 Å². The highest BCUT2D eigenvalue weighted by atomic mass is 15.1. The predicted octanol–water partition coefficient (Wildman–Crippen LogP) is 3.41. The van der Waals surface area contributed by atoms with Gasteiger partial charge in [0.15, 0.2) is 0 Å². The summed E-state index contributed by atoms with van der Waals surface area (Å²) in [5, 5.41) is 0. The van der Waals surface area contributed by atoms with E-state index in [9.17, 15) is 0 Å². The third-order valence-corrected chi connectivity index (χ3v) is 4.90. The molecular weight excluding hydrogens is 234 g/mol. The molecule has 3 atom stereocenters. The van der Waals surface area contributed by atoms with E-state index < -0.39 is 0 Å². The van der Waals surface area contributed by atoms with Gasteiger partial charge >= 0.3 is 0 Å². The standard InChI is InChI=1S/C16H29N3/c1-12(2)15(8-17)16-9-18-11-19(16)10-14-7-5-4-6-13(14)3/h9,11-15H,4-8,10,17H2,1-3H3. The summed E-state index contributed by atoms with van der Waals surface area (Å²) in [6, 6.07) is 0. The lowest BCUT2D eigenvalue weighted by Crippen LogP contribution is -2.25. The zero-order valence-electron chi connectivity index (χ0n) is 12.7. The van der Waals surface area contributed by atoms with E-state index in [1.807, 2.05) is 12.5 Å². The van der Waals surface area contributed by atoms with Gasteiger partial charge in [0.2, 0.25) is 0 Å². The largest absolute Gasteiger partial charge is 0.334 e. The average molecular weight is 263 g/mol. The van der Waals surface area contributed by atoms with Crippen LogP contribution in [0.2, 0.25) is 0 Å². The molecule has 3 unspecified atom stereocenters. The summed E-state index contributed by atoms with van der Waals surface area (Å²) < 4.78 is 2.37. The first-order valence-electron chi connectivity index (χ1n) is 7.83. The van der Waals surface area contributed by atoms with Crippen molar-refractivity contribution in [2.45, 2.75) is 58.9 Å². The van der Waals surface area contributed by atoms with E-state index >= 15 is 0 Å². The van der Waals surface area contributed by atoms with Crippen molar-refractivity contribution in [3.63, 3.8) is 0 Å².